The predicted molar refractivity (Wildman–Crippen MR) is 66.2 cm³/mol. The molecule has 1 unspecified atom stereocenters. The van der Waals surface area contributed by atoms with Crippen LogP contribution in [0.4, 0.5) is 4.79 Å². The molecular formula is C12H22N2O4. The molecule has 0 aromatic carbocycles. The summed E-state index contributed by atoms with van der Waals surface area (Å²) < 4.78 is 0. The van der Waals surface area contributed by atoms with Crippen LogP contribution >= 0.6 is 0 Å². The van der Waals surface area contributed by atoms with Crippen molar-refractivity contribution >= 4 is 12.0 Å². The fraction of sp³-hybridized carbons (Fsp3) is 0.833. The zero-order valence-corrected chi connectivity index (χ0v) is 10.8. The number of carbonyl (C=O) groups is 2. The van der Waals surface area contributed by atoms with Gasteiger partial charge in [-0.3, -0.25) is 0 Å². The first-order chi connectivity index (χ1) is 8.58. The number of aliphatic hydroxyl groups excluding tert-OH is 1. The van der Waals surface area contributed by atoms with Crippen LogP contribution in [0.2, 0.25) is 0 Å². The van der Waals surface area contributed by atoms with Crippen molar-refractivity contribution in [1.82, 2.24) is 10.2 Å². The Hall–Kier alpha value is -1.30. The minimum atomic E-state index is -1.11. The summed E-state index contributed by atoms with van der Waals surface area (Å²) in [5.41, 5.74) is 0. The number of likely N-dealkylation sites (tertiary alicyclic amines) is 1. The van der Waals surface area contributed by atoms with Crippen molar-refractivity contribution in [2.75, 3.05) is 19.7 Å². The third-order valence-corrected chi connectivity index (χ3v) is 3.28. The highest BCUT2D eigenvalue weighted by Gasteiger charge is 2.28. The number of hydrogen-bond donors (Lipinski definition) is 3. The maximum Gasteiger partial charge on any atom is 0.326 e. The lowest BCUT2D eigenvalue weighted by Crippen LogP contribution is -2.47. The van der Waals surface area contributed by atoms with E-state index in [1.54, 1.807) is 4.90 Å². The number of rotatable bonds is 6. The minimum absolute atomic E-state index is 0.0350. The standard InChI is InChI=1S/C12H22N2O4/c1-2-3-9-4-6-14(8-9)12(18)13-10(5-7-15)11(16)17/h9-10,15H,2-8H2,1H3,(H,13,18)(H,16,17)/t9?,10-/m1/s1. The molecule has 6 heteroatoms. The van der Waals surface area contributed by atoms with E-state index < -0.39 is 12.0 Å². The normalized spacial score (nSPS) is 20.8. The van der Waals surface area contributed by atoms with Gasteiger partial charge in [-0.15, -0.1) is 0 Å². The summed E-state index contributed by atoms with van der Waals surface area (Å²) in [5.74, 6) is -0.580. The van der Waals surface area contributed by atoms with Crippen molar-refractivity contribution in [3.63, 3.8) is 0 Å². The number of aliphatic carboxylic acids is 1. The lowest BCUT2D eigenvalue weighted by Gasteiger charge is -2.20. The van der Waals surface area contributed by atoms with Gasteiger partial charge < -0.3 is 20.4 Å². The summed E-state index contributed by atoms with van der Waals surface area (Å²) in [4.78, 5) is 24.4. The first-order valence-electron chi connectivity index (χ1n) is 6.47. The van der Waals surface area contributed by atoms with Crippen molar-refractivity contribution in [3.05, 3.63) is 0 Å². The average Bonchev–Trinajstić information content (AvgIpc) is 2.77. The van der Waals surface area contributed by atoms with Gasteiger partial charge in [0.2, 0.25) is 0 Å². The van der Waals surface area contributed by atoms with E-state index in [1.165, 1.54) is 0 Å². The number of carboxylic acid groups (broad SMARTS) is 1. The molecule has 2 amide bonds. The van der Waals surface area contributed by atoms with E-state index in [-0.39, 0.29) is 19.1 Å². The second-order valence-electron chi connectivity index (χ2n) is 4.74. The number of amides is 2. The molecule has 0 saturated carbocycles. The second kappa shape index (κ2) is 7.20. The molecule has 1 rings (SSSR count). The molecule has 1 aliphatic rings. The van der Waals surface area contributed by atoms with Gasteiger partial charge in [0, 0.05) is 26.1 Å². The van der Waals surface area contributed by atoms with Crippen molar-refractivity contribution in [3.8, 4) is 0 Å². The van der Waals surface area contributed by atoms with E-state index in [4.69, 9.17) is 10.2 Å². The highest BCUT2D eigenvalue weighted by molar-refractivity contribution is 5.82. The predicted octanol–water partition coefficient (Wildman–Crippen LogP) is 0.654. The molecular weight excluding hydrogens is 236 g/mol. The quantitative estimate of drug-likeness (QED) is 0.652. The minimum Gasteiger partial charge on any atom is -0.480 e. The number of urea groups is 1. The van der Waals surface area contributed by atoms with Gasteiger partial charge in [-0.2, -0.15) is 0 Å². The van der Waals surface area contributed by atoms with Crippen LogP contribution in [0.25, 0.3) is 0 Å². The Morgan fingerprint density at radius 1 is 1.50 bits per heavy atom. The summed E-state index contributed by atoms with van der Waals surface area (Å²) in [7, 11) is 0. The van der Waals surface area contributed by atoms with Crippen LogP contribution < -0.4 is 5.32 Å². The first-order valence-corrected chi connectivity index (χ1v) is 6.47. The van der Waals surface area contributed by atoms with E-state index in [0.717, 1.165) is 19.3 Å². The molecule has 1 heterocycles. The number of hydrogen-bond acceptors (Lipinski definition) is 3. The summed E-state index contributed by atoms with van der Waals surface area (Å²) in [5, 5.41) is 20.1. The van der Waals surface area contributed by atoms with Gasteiger partial charge in [0.15, 0.2) is 0 Å². The molecule has 1 saturated heterocycles. The molecule has 3 N–H and O–H groups in total. The van der Waals surface area contributed by atoms with E-state index in [0.29, 0.717) is 19.0 Å². The summed E-state index contributed by atoms with van der Waals surface area (Å²) >= 11 is 0. The van der Waals surface area contributed by atoms with Crippen molar-refractivity contribution in [1.29, 1.82) is 0 Å². The molecule has 0 spiro atoms. The Morgan fingerprint density at radius 3 is 2.78 bits per heavy atom. The Kier molecular flexibility index (Phi) is 5.91. The number of carboxylic acids is 1. The molecule has 18 heavy (non-hydrogen) atoms. The maximum atomic E-state index is 11.9. The van der Waals surface area contributed by atoms with Crippen LogP contribution in [0.5, 0.6) is 0 Å². The van der Waals surface area contributed by atoms with E-state index in [2.05, 4.69) is 12.2 Å². The number of nitrogens with zero attached hydrogens (tertiary/aromatic N) is 1. The monoisotopic (exact) mass is 258 g/mol. The smallest absolute Gasteiger partial charge is 0.326 e. The lowest BCUT2D eigenvalue weighted by atomic mass is 10.0. The summed E-state index contributed by atoms with van der Waals surface area (Å²) in [6.45, 7) is 3.24. The lowest BCUT2D eigenvalue weighted by molar-refractivity contribution is -0.139. The van der Waals surface area contributed by atoms with Crippen molar-refractivity contribution < 1.29 is 19.8 Å². The van der Waals surface area contributed by atoms with Crippen molar-refractivity contribution in [2.45, 2.75) is 38.6 Å². The Bertz CT molecular complexity index is 296. The molecule has 1 aliphatic heterocycles. The third kappa shape index (κ3) is 4.18. The van der Waals surface area contributed by atoms with Gasteiger partial charge in [-0.25, -0.2) is 9.59 Å². The van der Waals surface area contributed by atoms with Crippen molar-refractivity contribution in [2.24, 2.45) is 5.92 Å². The highest BCUT2D eigenvalue weighted by atomic mass is 16.4. The van der Waals surface area contributed by atoms with Gasteiger partial charge in [0.1, 0.15) is 6.04 Å². The van der Waals surface area contributed by atoms with Crippen LogP contribution in [0.1, 0.15) is 32.6 Å². The molecule has 6 nitrogen and oxygen atoms in total. The molecule has 0 aromatic heterocycles. The van der Waals surface area contributed by atoms with E-state index in [1.807, 2.05) is 0 Å². The average molecular weight is 258 g/mol. The molecule has 2 atom stereocenters. The third-order valence-electron chi connectivity index (χ3n) is 3.28. The van der Waals surface area contributed by atoms with Gasteiger partial charge in [-0.1, -0.05) is 13.3 Å². The Morgan fingerprint density at radius 2 is 2.22 bits per heavy atom. The zero-order valence-electron chi connectivity index (χ0n) is 10.8. The first kappa shape index (κ1) is 14.8. The van der Waals surface area contributed by atoms with Gasteiger partial charge in [0.05, 0.1) is 0 Å². The Balaban J connectivity index is 2.42. The van der Waals surface area contributed by atoms with Gasteiger partial charge in [-0.05, 0) is 18.8 Å². The zero-order chi connectivity index (χ0) is 13.5. The van der Waals surface area contributed by atoms with Crippen LogP contribution in [0, 0.1) is 5.92 Å². The fourth-order valence-corrected chi connectivity index (χ4v) is 2.29. The van der Waals surface area contributed by atoms with Crippen LogP contribution in [0.15, 0.2) is 0 Å². The number of carbonyl (C=O) groups excluding carboxylic acids is 1. The Labute approximate surface area is 107 Å². The van der Waals surface area contributed by atoms with Crippen LogP contribution in [-0.2, 0) is 4.79 Å². The molecule has 0 radical (unpaired) electrons. The van der Waals surface area contributed by atoms with Crippen LogP contribution in [0.3, 0.4) is 0 Å². The van der Waals surface area contributed by atoms with E-state index in [9.17, 15) is 9.59 Å². The summed E-state index contributed by atoms with van der Waals surface area (Å²) in [6.07, 6.45) is 3.22. The largest absolute Gasteiger partial charge is 0.480 e. The van der Waals surface area contributed by atoms with E-state index >= 15 is 0 Å². The number of aliphatic hydroxyl groups is 1. The molecule has 104 valence electrons. The maximum absolute atomic E-state index is 11.9. The molecule has 0 aromatic rings. The van der Waals surface area contributed by atoms with Gasteiger partial charge >= 0.3 is 12.0 Å². The second-order valence-corrected chi connectivity index (χ2v) is 4.74. The van der Waals surface area contributed by atoms with Crippen LogP contribution in [-0.4, -0.2) is 52.9 Å². The molecule has 0 bridgehead atoms. The SMILES string of the molecule is CCCC1CCN(C(=O)N[C@H](CCO)C(=O)O)C1. The fourth-order valence-electron chi connectivity index (χ4n) is 2.29. The topological polar surface area (TPSA) is 89.9 Å². The molecule has 0 aliphatic carbocycles. The summed E-state index contributed by atoms with van der Waals surface area (Å²) in [6, 6.07) is -1.35. The number of nitrogens with one attached hydrogen (secondary N) is 1. The highest BCUT2D eigenvalue weighted by Crippen LogP contribution is 2.20. The van der Waals surface area contributed by atoms with Gasteiger partial charge in [0.25, 0.3) is 0 Å². The molecule has 1 fully saturated rings.